The van der Waals surface area contributed by atoms with E-state index in [1.54, 1.807) is 21.2 Å². The van der Waals surface area contributed by atoms with Crippen molar-refractivity contribution < 1.29 is 0 Å². The second kappa shape index (κ2) is 7.13. The van der Waals surface area contributed by atoms with Crippen LogP contribution in [0, 0.1) is 0 Å². The van der Waals surface area contributed by atoms with Crippen LogP contribution in [0.5, 0.6) is 0 Å². The molecule has 156 valence electrons. The number of fused-ring (bicyclic) bond motifs is 1. The predicted molar refractivity (Wildman–Crippen MR) is 142 cm³/mol. The van der Waals surface area contributed by atoms with Crippen molar-refractivity contribution >= 4 is 35.7 Å². The Morgan fingerprint density at radius 3 is 1.06 bits per heavy atom. The average Bonchev–Trinajstić information content (AvgIpc) is 3.69. The molecule has 4 aromatic rings. The van der Waals surface area contributed by atoms with E-state index in [1.807, 2.05) is 0 Å². The Balaban J connectivity index is 1.63. The SMILES string of the molecule is CCCC12C([PH]1(c1ccccc1)c1ccccc1)[PH]2(c1ccccc1)c1ccccc1. The van der Waals surface area contributed by atoms with Crippen molar-refractivity contribution in [1.29, 1.82) is 0 Å². The third-order valence-corrected chi connectivity index (χ3v) is 24.7. The van der Waals surface area contributed by atoms with Gasteiger partial charge in [0, 0.05) is 0 Å². The van der Waals surface area contributed by atoms with Crippen molar-refractivity contribution in [2.75, 3.05) is 0 Å². The van der Waals surface area contributed by atoms with Crippen molar-refractivity contribution in [3.05, 3.63) is 121 Å². The zero-order valence-electron chi connectivity index (χ0n) is 18.0. The quantitative estimate of drug-likeness (QED) is 0.341. The molecule has 0 amide bonds. The molecular weight excluding hydrogens is 410 g/mol. The Labute approximate surface area is 187 Å². The van der Waals surface area contributed by atoms with Gasteiger partial charge in [-0.3, -0.25) is 0 Å². The van der Waals surface area contributed by atoms with Gasteiger partial charge in [0.05, 0.1) is 0 Å². The molecule has 2 aliphatic rings. The molecule has 0 atom stereocenters. The molecule has 2 fully saturated rings. The summed E-state index contributed by atoms with van der Waals surface area (Å²) in [7, 11) is -3.64. The van der Waals surface area contributed by atoms with E-state index in [0.717, 1.165) is 5.40 Å². The van der Waals surface area contributed by atoms with Gasteiger partial charge in [-0.05, 0) is 0 Å². The van der Waals surface area contributed by atoms with Crippen LogP contribution in [0.4, 0.5) is 0 Å². The normalized spacial score (nSPS) is 26.3. The first-order valence-corrected chi connectivity index (χ1v) is 15.7. The Bertz CT molecular complexity index is 1020. The van der Waals surface area contributed by atoms with Gasteiger partial charge in [-0.2, -0.15) is 0 Å². The van der Waals surface area contributed by atoms with Gasteiger partial charge in [0.25, 0.3) is 0 Å². The Kier molecular flexibility index (Phi) is 4.47. The summed E-state index contributed by atoms with van der Waals surface area (Å²) in [6.07, 6.45) is 2.61. The fourth-order valence-corrected chi connectivity index (χ4v) is 30.8. The van der Waals surface area contributed by atoms with Gasteiger partial charge in [-0.25, -0.2) is 0 Å². The van der Waals surface area contributed by atoms with Gasteiger partial charge >= 0.3 is 187 Å². The summed E-state index contributed by atoms with van der Waals surface area (Å²) in [6, 6.07) is 46.3. The number of hydrogen-bond donors (Lipinski definition) is 0. The Hall–Kier alpha value is -2.26. The molecule has 2 heteroatoms. The molecule has 2 aliphatic heterocycles. The molecular formula is C29H30P2. The number of hydrogen-bond acceptors (Lipinski definition) is 0. The van der Waals surface area contributed by atoms with Crippen LogP contribution in [-0.4, -0.2) is 10.3 Å². The molecule has 0 bridgehead atoms. The van der Waals surface area contributed by atoms with Crippen LogP contribution in [0.2, 0.25) is 0 Å². The molecule has 0 radical (unpaired) electrons. The van der Waals surface area contributed by atoms with Crippen LogP contribution in [0.1, 0.15) is 19.8 Å². The summed E-state index contributed by atoms with van der Waals surface area (Å²) >= 11 is 0. The fourth-order valence-electron chi connectivity index (χ4n) is 7.39. The van der Waals surface area contributed by atoms with Crippen LogP contribution in [0.15, 0.2) is 121 Å². The zero-order chi connectivity index (χ0) is 20.9. The minimum atomic E-state index is -1.82. The van der Waals surface area contributed by atoms with Gasteiger partial charge < -0.3 is 0 Å². The van der Waals surface area contributed by atoms with E-state index in [4.69, 9.17) is 0 Å². The van der Waals surface area contributed by atoms with Gasteiger partial charge in [0.1, 0.15) is 0 Å². The van der Waals surface area contributed by atoms with Crippen LogP contribution in [0.25, 0.3) is 0 Å². The molecule has 2 heterocycles. The van der Waals surface area contributed by atoms with Crippen LogP contribution < -0.4 is 21.2 Å². The molecule has 31 heavy (non-hydrogen) atoms. The first kappa shape index (κ1) is 19.4. The average molecular weight is 441 g/mol. The van der Waals surface area contributed by atoms with Gasteiger partial charge in [0.15, 0.2) is 0 Å². The summed E-state index contributed by atoms with van der Waals surface area (Å²) in [4.78, 5) is 0.486. The molecule has 0 aliphatic carbocycles. The van der Waals surface area contributed by atoms with E-state index in [2.05, 4.69) is 128 Å². The minimum absolute atomic E-state index is 0.486. The second-order valence-corrected chi connectivity index (χ2v) is 18.8. The topological polar surface area (TPSA) is 0 Å². The van der Waals surface area contributed by atoms with E-state index in [0.29, 0.717) is 4.90 Å². The van der Waals surface area contributed by atoms with Crippen molar-refractivity contribution in [3.8, 4) is 0 Å². The van der Waals surface area contributed by atoms with E-state index in [1.165, 1.54) is 12.8 Å². The van der Waals surface area contributed by atoms with E-state index >= 15 is 0 Å². The first-order valence-electron chi connectivity index (χ1n) is 11.6. The Morgan fingerprint density at radius 2 is 0.806 bits per heavy atom. The second-order valence-electron chi connectivity index (χ2n) is 9.23. The monoisotopic (exact) mass is 440 g/mol. The van der Waals surface area contributed by atoms with Crippen LogP contribution in [0.3, 0.4) is 0 Å². The number of benzene rings is 4. The maximum absolute atomic E-state index is 2.44. The summed E-state index contributed by atoms with van der Waals surface area (Å²) in [5.41, 5.74) is 0. The summed E-state index contributed by atoms with van der Waals surface area (Å²) in [5, 5.41) is 7.44. The van der Waals surface area contributed by atoms with Crippen molar-refractivity contribution in [2.45, 2.75) is 30.1 Å². The molecule has 0 unspecified atom stereocenters. The first-order chi connectivity index (χ1) is 15.3. The van der Waals surface area contributed by atoms with E-state index in [-0.39, 0.29) is 0 Å². The maximum atomic E-state index is 2.44. The molecule has 0 spiro atoms. The standard InChI is InChI=1S/C29H30P2/c1-2-23-29-28(30(29,24-15-7-3-8-16-24)25-17-9-4-10-18-25)31(29,26-19-11-5-12-20-26)27-21-13-6-14-22-27/h3-22,28,30-31H,2,23H2,1H3. The van der Waals surface area contributed by atoms with Crippen molar-refractivity contribution in [3.63, 3.8) is 0 Å². The zero-order valence-corrected chi connectivity index (χ0v) is 20.0. The van der Waals surface area contributed by atoms with Crippen LogP contribution in [-0.2, 0) is 0 Å². The third-order valence-electron chi connectivity index (χ3n) is 8.16. The Morgan fingerprint density at radius 1 is 0.516 bits per heavy atom. The van der Waals surface area contributed by atoms with Gasteiger partial charge in [0.2, 0.25) is 0 Å². The summed E-state index contributed by atoms with van der Waals surface area (Å²) < 4.78 is 0. The van der Waals surface area contributed by atoms with Crippen molar-refractivity contribution in [1.82, 2.24) is 0 Å². The van der Waals surface area contributed by atoms with Crippen molar-refractivity contribution in [2.24, 2.45) is 0 Å². The molecule has 6 rings (SSSR count). The van der Waals surface area contributed by atoms with Gasteiger partial charge in [-0.15, -0.1) is 0 Å². The molecule has 2 saturated heterocycles. The molecule has 0 nitrogen and oxygen atoms in total. The summed E-state index contributed by atoms with van der Waals surface area (Å²) in [6.45, 7) is 2.40. The molecule has 4 aromatic carbocycles. The molecule has 0 aromatic heterocycles. The van der Waals surface area contributed by atoms with E-state index in [9.17, 15) is 0 Å². The fraction of sp³-hybridized carbons (Fsp3) is 0.172. The molecule has 0 saturated carbocycles. The van der Waals surface area contributed by atoms with E-state index < -0.39 is 14.5 Å². The summed E-state index contributed by atoms with van der Waals surface area (Å²) in [5.74, 6) is 0. The van der Waals surface area contributed by atoms with Crippen LogP contribution >= 0.6 is 14.5 Å². The third kappa shape index (κ3) is 2.28. The number of rotatable bonds is 6. The van der Waals surface area contributed by atoms with Gasteiger partial charge in [-0.1, -0.05) is 0 Å². The molecule has 0 N–H and O–H groups in total. The predicted octanol–water partition coefficient (Wildman–Crippen LogP) is 5.64.